The summed E-state index contributed by atoms with van der Waals surface area (Å²) < 4.78 is 2.12. The number of carbonyl (C=O) groups is 2. The van der Waals surface area contributed by atoms with Gasteiger partial charge in [-0.2, -0.15) is 0 Å². The highest BCUT2D eigenvalue weighted by Gasteiger charge is 2.26. The SMILES string of the molecule is CCC(C)N(CC(=O)N(Cc1cccn1Cc1ccccc1Cl)CC(C)C)C(=O)Nc1cccc(C)c1. The first-order valence-corrected chi connectivity index (χ1v) is 13.3. The van der Waals surface area contributed by atoms with Gasteiger partial charge in [0, 0.05) is 41.7 Å². The van der Waals surface area contributed by atoms with E-state index in [9.17, 15) is 9.59 Å². The minimum atomic E-state index is -0.264. The van der Waals surface area contributed by atoms with Crippen LogP contribution in [-0.2, 0) is 17.9 Å². The molecule has 1 heterocycles. The number of carbonyl (C=O) groups excluding carboxylic acids is 2. The number of benzene rings is 2. The molecular formula is C30H39ClN4O2. The standard InChI is InChI=1S/C30H39ClN4O2/c1-6-24(5)35(30(37)32-26-13-9-11-23(4)17-26)21-29(36)34(18-22(2)3)20-27-14-10-16-33(27)19-25-12-7-8-15-28(25)31/h7-17,22,24H,6,18-21H2,1-5H3,(H,32,37). The molecule has 0 saturated heterocycles. The molecule has 198 valence electrons. The Labute approximate surface area is 226 Å². The number of aromatic nitrogens is 1. The van der Waals surface area contributed by atoms with Crippen LogP contribution in [0.1, 0.15) is 50.9 Å². The summed E-state index contributed by atoms with van der Waals surface area (Å²) in [5.41, 5.74) is 3.83. The zero-order valence-electron chi connectivity index (χ0n) is 22.6. The number of hydrogen-bond acceptors (Lipinski definition) is 2. The van der Waals surface area contributed by atoms with Crippen molar-refractivity contribution in [1.82, 2.24) is 14.4 Å². The normalized spacial score (nSPS) is 11.9. The number of anilines is 1. The first kappa shape index (κ1) is 28.3. The lowest BCUT2D eigenvalue weighted by atomic mass is 10.2. The zero-order chi connectivity index (χ0) is 26.9. The fourth-order valence-electron chi connectivity index (χ4n) is 4.26. The maximum Gasteiger partial charge on any atom is 0.322 e. The second kappa shape index (κ2) is 13.3. The van der Waals surface area contributed by atoms with Gasteiger partial charge in [-0.3, -0.25) is 4.79 Å². The summed E-state index contributed by atoms with van der Waals surface area (Å²) in [7, 11) is 0. The number of amides is 3. The van der Waals surface area contributed by atoms with Crippen LogP contribution < -0.4 is 5.32 Å². The molecule has 0 aliphatic heterocycles. The molecule has 1 atom stereocenters. The summed E-state index contributed by atoms with van der Waals surface area (Å²) in [6, 6.07) is 19.2. The van der Waals surface area contributed by atoms with Gasteiger partial charge in [-0.15, -0.1) is 0 Å². The summed E-state index contributed by atoms with van der Waals surface area (Å²) >= 11 is 6.39. The minimum Gasteiger partial charge on any atom is -0.345 e. The van der Waals surface area contributed by atoms with E-state index in [-0.39, 0.29) is 30.4 Å². The van der Waals surface area contributed by atoms with Gasteiger partial charge in [0.2, 0.25) is 5.91 Å². The molecule has 0 fully saturated rings. The lowest BCUT2D eigenvalue weighted by molar-refractivity contribution is -0.133. The van der Waals surface area contributed by atoms with Crippen LogP contribution in [0, 0.1) is 12.8 Å². The van der Waals surface area contributed by atoms with Crippen molar-refractivity contribution in [2.75, 3.05) is 18.4 Å². The third kappa shape index (κ3) is 8.12. The summed E-state index contributed by atoms with van der Waals surface area (Å²) in [5.74, 6) is 0.216. The van der Waals surface area contributed by atoms with Crippen molar-refractivity contribution in [3.8, 4) is 0 Å². The average Bonchev–Trinajstić information content (AvgIpc) is 3.29. The fourth-order valence-corrected chi connectivity index (χ4v) is 4.46. The van der Waals surface area contributed by atoms with Gasteiger partial charge in [0.25, 0.3) is 0 Å². The van der Waals surface area contributed by atoms with E-state index in [0.717, 1.165) is 34.0 Å². The fraction of sp³-hybridized carbons (Fsp3) is 0.400. The van der Waals surface area contributed by atoms with Crippen LogP contribution in [0.3, 0.4) is 0 Å². The number of halogens is 1. The predicted octanol–water partition coefficient (Wildman–Crippen LogP) is 6.82. The molecule has 0 aliphatic rings. The van der Waals surface area contributed by atoms with E-state index >= 15 is 0 Å². The van der Waals surface area contributed by atoms with Crippen molar-refractivity contribution >= 4 is 29.2 Å². The van der Waals surface area contributed by atoms with Crippen molar-refractivity contribution < 1.29 is 9.59 Å². The maximum absolute atomic E-state index is 13.6. The Morgan fingerprint density at radius 2 is 1.78 bits per heavy atom. The van der Waals surface area contributed by atoms with Gasteiger partial charge >= 0.3 is 6.03 Å². The average molecular weight is 523 g/mol. The number of aryl methyl sites for hydroxylation is 1. The smallest absolute Gasteiger partial charge is 0.322 e. The molecule has 0 spiro atoms. The van der Waals surface area contributed by atoms with Gasteiger partial charge in [-0.05, 0) is 67.6 Å². The molecule has 0 bridgehead atoms. The van der Waals surface area contributed by atoms with Crippen molar-refractivity contribution in [3.63, 3.8) is 0 Å². The molecule has 0 saturated carbocycles. The molecule has 2 aromatic carbocycles. The number of rotatable bonds is 11. The molecule has 7 heteroatoms. The van der Waals surface area contributed by atoms with E-state index in [1.54, 1.807) is 4.90 Å². The van der Waals surface area contributed by atoms with E-state index < -0.39 is 0 Å². The van der Waals surface area contributed by atoms with Crippen molar-refractivity contribution in [2.45, 2.75) is 60.2 Å². The van der Waals surface area contributed by atoms with Gasteiger partial charge < -0.3 is 19.7 Å². The summed E-state index contributed by atoms with van der Waals surface area (Å²) in [5, 5.41) is 3.69. The van der Waals surface area contributed by atoms with Crippen molar-refractivity contribution in [2.24, 2.45) is 5.92 Å². The molecule has 1 N–H and O–H groups in total. The van der Waals surface area contributed by atoms with Gasteiger partial charge in [0.05, 0.1) is 6.54 Å². The lowest BCUT2D eigenvalue weighted by Gasteiger charge is -2.32. The summed E-state index contributed by atoms with van der Waals surface area (Å²) in [6.07, 6.45) is 2.76. The van der Waals surface area contributed by atoms with Gasteiger partial charge in [0.15, 0.2) is 0 Å². The Balaban J connectivity index is 1.77. The van der Waals surface area contributed by atoms with Crippen LogP contribution in [0.2, 0.25) is 5.02 Å². The van der Waals surface area contributed by atoms with Crippen LogP contribution in [0.15, 0.2) is 66.9 Å². The molecular weight excluding hydrogens is 484 g/mol. The van der Waals surface area contributed by atoms with Gasteiger partial charge in [0.1, 0.15) is 6.54 Å². The molecule has 0 aliphatic carbocycles. The maximum atomic E-state index is 13.6. The first-order chi connectivity index (χ1) is 17.7. The molecule has 0 radical (unpaired) electrons. The third-order valence-corrected chi connectivity index (χ3v) is 6.84. The number of nitrogens with one attached hydrogen (secondary N) is 1. The van der Waals surface area contributed by atoms with E-state index in [0.29, 0.717) is 19.6 Å². The molecule has 3 amide bonds. The highest BCUT2D eigenvalue weighted by atomic mass is 35.5. The van der Waals surface area contributed by atoms with E-state index in [1.165, 1.54) is 0 Å². The topological polar surface area (TPSA) is 57.6 Å². The molecule has 1 aromatic heterocycles. The second-order valence-corrected chi connectivity index (χ2v) is 10.5. The van der Waals surface area contributed by atoms with E-state index in [2.05, 4.69) is 23.7 Å². The number of urea groups is 1. The Morgan fingerprint density at radius 3 is 2.46 bits per heavy atom. The highest BCUT2D eigenvalue weighted by Crippen LogP contribution is 2.19. The monoisotopic (exact) mass is 522 g/mol. The number of nitrogens with zero attached hydrogens (tertiary/aromatic N) is 3. The third-order valence-electron chi connectivity index (χ3n) is 6.47. The van der Waals surface area contributed by atoms with E-state index in [1.807, 2.05) is 92.5 Å². The Kier molecular flexibility index (Phi) is 10.2. The van der Waals surface area contributed by atoms with Crippen molar-refractivity contribution in [3.05, 3.63) is 88.7 Å². The Morgan fingerprint density at radius 1 is 1.03 bits per heavy atom. The predicted molar refractivity (Wildman–Crippen MR) is 152 cm³/mol. The zero-order valence-corrected chi connectivity index (χ0v) is 23.3. The summed E-state index contributed by atoms with van der Waals surface area (Å²) in [6.45, 7) is 11.9. The molecule has 37 heavy (non-hydrogen) atoms. The second-order valence-electron chi connectivity index (χ2n) is 10.1. The number of hydrogen-bond donors (Lipinski definition) is 1. The molecule has 1 unspecified atom stereocenters. The molecule has 6 nitrogen and oxygen atoms in total. The van der Waals surface area contributed by atoms with Gasteiger partial charge in [-0.25, -0.2) is 4.79 Å². The van der Waals surface area contributed by atoms with Crippen LogP contribution in [-0.4, -0.2) is 45.4 Å². The largest absolute Gasteiger partial charge is 0.345 e. The molecule has 3 aromatic rings. The van der Waals surface area contributed by atoms with Crippen LogP contribution in [0.5, 0.6) is 0 Å². The van der Waals surface area contributed by atoms with Crippen LogP contribution >= 0.6 is 11.6 Å². The Hall–Kier alpha value is -3.25. The van der Waals surface area contributed by atoms with Crippen molar-refractivity contribution in [1.29, 1.82) is 0 Å². The Bertz CT molecular complexity index is 1190. The first-order valence-electron chi connectivity index (χ1n) is 13.0. The lowest BCUT2D eigenvalue weighted by Crippen LogP contribution is -2.48. The molecule has 3 rings (SSSR count). The minimum absolute atomic E-state index is 0.0185. The van der Waals surface area contributed by atoms with Gasteiger partial charge in [-0.1, -0.05) is 62.7 Å². The van der Waals surface area contributed by atoms with Crippen LogP contribution in [0.25, 0.3) is 0 Å². The highest BCUT2D eigenvalue weighted by molar-refractivity contribution is 6.31. The summed E-state index contributed by atoms with van der Waals surface area (Å²) in [4.78, 5) is 30.4. The van der Waals surface area contributed by atoms with Crippen LogP contribution in [0.4, 0.5) is 10.5 Å². The van der Waals surface area contributed by atoms with E-state index in [4.69, 9.17) is 11.6 Å². The quantitative estimate of drug-likeness (QED) is 0.300.